The Bertz CT molecular complexity index is 260. The third kappa shape index (κ3) is 2.40. The zero-order valence-corrected chi connectivity index (χ0v) is 6.94. The topological polar surface area (TPSA) is 40.5 Å². The molecule has 0 fully saturated rings. The Morgan fingerprint density at radius 3 is 2.42 bits per heavy atom. The van der Waals surface area contributed by atoms with Crippen LogP contribution >= 0.6 is 0 Å². The first kappa shape index (κ1) is 8.81. The number of aliphatic hydroxyl groups is 2. The molecule has 0 aliphatic carbocycles. The summed E-state index contributed by atoms with van der Waals surface area (Å²) < 4.78 is 0. The van der Waals surface area contributed by atoms with Gasteiger partial charge in [-0.05, 0) is 18.6 Å². The first-order valence-corrected chi connectivity index (χ1v) is 3.80. The molecule has 0 saturated carbocycles. The smallest absolute Gasteiger partial charge is 0.101 e. The molecule has 64 valence electrons. The van der Waals surface area contributed by atoms with Crippen molar-refractivity contribution in [2.45, 2.75) is 13.0 Å². The van der Waals surface area contributed by atoms with Crippen molar-refractivity contribution in [3.8, 4) is 0 Å². The lowest BCUT2D eigenvalue weighted by atomic mass is 10.1. The minimum absolute atomic E-state index is 0.131. The highest BCUT2D eigenvalue weighted by Gasteiger charge is 2.01. The quantitative estimate of drug-likeness (QED) is 0.658. The second-order valence-corrected chi connectivity index (χ2v) is 2.66. The predicted octanol–water partition coefficient (Wildman–Crippen LogP) is 2.18. The molecule has 0 aliphatic heterocycles. The van der Waals surface area contributed by atoms with Crippen molar-refractivity contribution in [2.24, 2.45) is 0 Å². The molecular weight excluding hydrogens is 152 g/mol. The van der Waals surface area contributed by atoms with Crippen LogP contribution in [0.2, 0.25) is 0 Å². The van der Waals surface area contributed by atoms with Gasteiger partial charge in [0.2, 0.25) is 0 Å². The second-order valence-electron chi connectivity index (χ2n) is 2.66. The highest BCUT2D eigenvalue weighted by Crippen LogP contribution is 2.13. The maximum absolute atomic E-state index is 9.45. The van der Waals surface area contributed by atoms with Gasteiger partial charge in [0, 0.05) is 0 Å². The van der Waals surface area contributed by atoms with Gasteiger partial charge in [0.15, 0.2) is 0 Å². The fraction of sp³-hybridized carbons (Fsp3) is 0.200. The predicted molar refractivity (Wildman–Crippen MR) is 47.8 cm³/mol. The molecule has 0 amide bonds. The van der Waals surface area contributed by atoms with Crippen LogP contribution in [-0.2, 0) is 0 Å². The zero-order valence-electron chi connectivity index (χ0n) is 6.94. The number of allylic oxidation sites excluding steroid dienone is 1. The largest absolute Gasteiger partial charge is 0.513 e. The van der Waals surface area contributed by atoms with Gasteiger partial charge in [0.25, 0.3) is 0 Å². The Morgan fingerprint density at radius 2 is 1.92 bits per heavy atom. The van der Waals surface area contributed by atoms with Crippen molar-refractivity contribution in [3.05, 3.63) is 47.7 Å². The van der Waals surface area contributed by atoms with Crippen molar-refractivity contribution in [3.63, 3.8) is 0 Å². The summed E-state index contributed by atoms with van der Waals surface area (Å²) >= 11 is 0. The van der Waals surface area contributed by atoms with Gasteiger partial charge in [-0.15, -0.1) is 0 Å². The third-order valence-electron chi connectivity index (χ3n) is 1.54. The van der Waals surface area contributed by atoms with Crippen molar-refractivity contribution in [2.75, 3.05) is 0 Å². The molecule has 12 heavy (non-hydrogen) atoms. The minimum atomic E-state index is -0.712. The Balaban J connectivity index is 2.79. The summed E-state index contributed by atoms with van der Waals surface area (Å²) in [5, 5.41) is 18.3. The van der Waals surface area contributed by atoms with Gasteiger partial charge in [-0.3, -0.25) is 0 Å². The lowest BCUT2D eigenvalue weighted by molar-refractivity contribution is 0.222. The normalized spacial score (nSPS) is 14.3. The lowest BCUT2D eigenvalue weighted by Gasteiger charge is -2.04. The summed E-state index contributed by atoms with van der Waals surface area (Å²) in [6, 6.07) is 9.19. The molecule has 0 heterocycles. The van der Waals surface area contributed by atoms with Gasteiger partial charge >= 0.3 is 0 Å². The molecule has 0 spiro atoms. The molecular formula is C10H12O2. The number of hydrogen-bond acceptors (Lipinski definition) is 2. The summed E-state index contributed by atoms with van der Waals surface area (Å²) in [6.07, 6.45) is 0.686. The van der Waals surface area contributed by atoms with Crippen LogP contribution in [0.15, 0.2) is 42.2 Å². The van der Waals surface area contributed by atoms with Crippen LogP contribution in [0.1, 0.15) is 18.6 Å². The van der Waals surface area contributed by atoms with E-state index in [9.17, 15) is 5.11 Å². The standard InChI is InChI=1S/C10H12O2/c1-8(11)7-10(12)9-5-3-2-4-6-9/h2-7,10-12H,1H3. The highest BCUT2D eigenvalue weighted by molar-refractivity contribution is 5.21. The average molecular weight is 164 g/mol. The van der Waals surface area contributed by atoms with E-state index in [0.29, 0.717) is 0 Å². The summed E-state index contributed by atoms with van der Waals surface area (Å²) in [5.41, 5.74) is 0.783. The molecule has 1 aromatic carbocycles. The SMILES string of the molecule is CC(O)=CC(O)c1ccccc1. The molecule has 2 N–H and O–H groups in total. The monoisotopic (exact) mass is 164 g/mol. The van der Waals surface area contributed by atoms with E-state index >= 15 is 0 Å². The van der Waals surface area contributed by atoms with Crippen LogP contribution < -0.4 is 0 Å². The van der Waals surface area contributed by atoms with Crippen LogP contribution in [0, 0.1) is 0 Å². The molecule has 0 aromatic heterocycles. The van der Waals surface area contributed by atoms with Crippen molar-refractivity contribution in [1.82, 2.24) is 0 Å². The fourth-order valence-electron chi connectivity index (χ4n) is 0.975. The number of aliphatic hydroxyl groups excluding tert-OH is 2. The minimum Gasteiger partial charge on any atom is -0.513 e. The van der Waals surface area contributed by atoms with E-state index in [1.807, 2.05) is 30.3 Å². The molecule has 1 aromatic rings. The fourth-order valence-corrected chi connectivity index (χ4v) is 0.975. The van der Waals surface area contributed by atoms with E-state index in [0.717, 1.165) is 5.56 Å². The van der Waals surface area contributed by atoms with Gasteiger partial charge in [-0.25, -0.2) is 0 Å². The summed E-state index contributed by atoms with van der Waals surface area (Å²) in [5.74, 6) is 0.131. The lowest BCUT2D eigenvalue weighted by Crippen LogP contribution is -1.93. The molecule has 0 saturated heterocycles. The Kier molecular flexibility index (Phi) is 2.88. The highest BCUT2D eigenvalue weighted by atomic mass is 16.3. The summed E-state index contributed by atoms with van der Waals surface area (Å²) in [6.45, 7) is 1.53. The van der Waals surface area contributed by atoms with Gasteiger partial charge in [-0.2, -0.15) is 0 Å². The second kappa shape index (κ2) is 3.93. The molecule has 0 aliphatic rings. The molecule has 2 nitrogen and oxygen atoms in total. The van der Waals surface area contributed by atoms with E-state index in [1.165, 1.54) is 13.0 Å². The Hall–Kier alpha value is -1.28. The van der Waals surface area contributed by atoms with Crippen LogP contribution in [0.25, 0.3) is 0 Å². The van der Waals surface area contributed by atoms with Crippen LogP contribution in [0.3, 0.4) is 0 Å². The number of rotatable bonds is 2. The molecule has 1 atom stereocenters. The third-order valence-corrected chi connectivity index (χ3v) is 1.54. The van der Waals surface area contributed by atoms with Gasteiger partial charge in [0.1, 0.15) is 6.10 Å². The maximum Gasteiger partial charge on any atom is 0.101 e. The zero-order chi connectivity index (χ0) is 8.97. The summed E-state index contributed by atoms with van der Waals surface area (Å²) in [7, 11) is 0. The average Bonchev–Trinajstić information content (AvgIpc) is 2.05. The first-order valence-electron chi connectivity index (χ1n) is 3.80. The van der Waals surface area contributed by atoms with E-state index in [4.69, 9.17) is 5.11 Å². The van der Waals surface area contributed by atoms with Crippen molar-refractivity contribution < 1.29 is 10.2 Å². The number of benzene rings is 1. The van der Waals surface area contributed by atoms with Crippen LogP contribution in [0.4, 0.5) is 0 Å². The maximum atomic E-state index is 9.45. The van der Waals surface area contributed by atoms with Crippen molar-refractivity contribution in [1.29, 1.82) is 0 Å². The molecule has 0 radical (unpaired) electrons. The van der Waals surface area contributed by atoms with E-state index < -0.39 is 6.10 Å². The Morgan fingerprint density at radius 1 is 1.33 bits per heavy atom. The first-order chi connectivity index (χ1) is 5.70. The summed E-state index contributed by atoms with van der Waals surface area (Å²) in [4.78, 5) is 0. The van der Waals surface area contributed by atoms with Gasteiger partial charge in [0.05, 0.1) is 5.76 Å². The van der Waals surface area contributed by atoms with E-state index in [1.54, 1.807) is 0 Å². The molecule has 2 heteroatoms. The molecule has 1 unspecified atom stereocenters. The molecule has 0 bridgehead atoms. The van der Waals surface area contributed by atoms with Gasteiger partial charge < -0.3 is 10.2 Å². The van der Waals surface area contributed by atoms with Crippen LogP contribution in [-0.4, -0.2) is 10.2 Å². The molecule has 1 rings (SSSR count). The van der Waals surface area contributed by atoms with Crippen molar-refractivity contribution >= 4 is 0 Å². The number of hydrogen-bond donors (Lipinski definition) is 2. The van der Waals surface area contributed by atoms with E-state index in [2.05, 4.69) is 0 Å². The van der Waals surface area contributed by atoms with E-state index in [-0.39, 0.29) is 5.76 Å². The Labute approximate surface area is 71.8 Å². The van der Waals surface area contributed by atoms with Crippen LogP contribution in [0.5, 0.6) is 0 Å². The van der Waals surface area contributed by atoms with Gasteiger partial charge in [-0.1, -0.05) is 30.3 Å².